The van der Waals surface area contributed by atoms with Crippen LogP contribution in [0.3, 0.4) is 0 Å². The van der Waals surface area contributed by atoms with Crippen LogP contribution in [-0.4, -0.2) is 29.1 Å². The molecule has 0 aliphatic heterocycles. The minimum atomic E-state index is -0.789. The summed E-state index contributed by atoms with van der Waals surface area (Å²) >= 11 is 4.99. The fourth-order valence-electron chi connectivity index (χ4n) is 1.01. The molecule has 0 saturated carbocycles. The Labute approximate surface area is 95.5 Å². The van der Waals surface area contributed by atoms with E-state index in [1.807, 2.05) is 18.5 Å². The zero-order chi connectivity index (χ0) is 10.7. The number of rotatable bonds is 4. The van der Waals surface area contributed by atoms with E-state index in [2.05, 4.69) is 15.9 Å². The van der Waals surface area contributed by atoms with E-state index in [9.17, 15) is 4.79 Å². The molecule has 0 spiro atoms. The van der Waals surface area contributed by atoms with Crippen molar-refractivity contribution in [3.63, 3.8) is 0 Å². The molecule has 0 saturated heterocycles. The maximum absolute atomic E-state index is 10.7. The fraction of sp³-hybridized carbons (Fsp3) is 0.444. The van der Waals surface area contributed by atoms with Gasteiger partial charge in [-0.15, -0.1) is 11.3 Å². The first kappa shape index (κ1) is 11.7. The Hall–Kier alpha value is -0.390. The van der Waals surface area contributed by atoms with Gasteiger partial charge < -0.3 is 5.11 Å². The van der Waals surface area contributed by atoms with Crippen molar-refractivity contribution < 1.29 is 9.90 Å². The summed E-state index contributed by atoms with van der Waals surface area (Å²) in [6, 6.07) is 1.56. The highest BCUT2D eigenvalue weighted by Gasteiger charge is 2.16. The molecule has 1 N–H and O–H groups in total. The van der Waals surface area contributed by atoms with Crippen molar-refractivity contribution in [2.24, 2.45) is 0 Å². The Bertz CT molecular complexity index is 326. The summed E-state index contributed by atoms with van der Waals surface area (Å²) in [6.07, 6.45) is 0. The molecule has 0 fully saturated rings. The molecule has 0 aliphatic rings. The summed E-state index contributed by atoms with van der Waals surface area (Å²) < 4.78 is 1.05. The van der Waals surface area contributed by atoms with Gasteiger partial charge in [0.25, 0.3) is 0 Å². The number of halogens is 1. The van der Waals surface area contributed by atoms with Crippen LogP contribution in [0.25, 0.3) is 0 Å². The Morgan fingerprint density at radius 1 is 1.79 bits per heavy atom. The maximum Gasteiger partial charge on any atom is 0.320 e. The van der Waals surface area contributed by atoms with Crippen molar-refractivity contribution in [2.45, 2.75) is 19.5 Å². The van der Waals surface area contributed by atoms with Gasteiger partial charge in [0.2, 0.25) is 0 Å². The van der Waals surface area contributed by atoms with E-state index in [1.165, 1.54) is 0 Å². The minimum Gasteiger partial charge on any atom is -0.480 e. The SMILES string of the molecule is CC(C(=O)O)N(C)Cc1cc(Br)cs1. The number of carboxylic acid groups (broad SMARTS) is 1. The van der Waals surface area contributed by atoms with Gasteiger partial charge in [-0.3, -0.25) is 9.69 Å². The topological polar surface area (TPSA) is 40.5 Å². The molecular weight excluding hydrogens is 266 g/mol. The van der Waals surface area contributed by atoms with Crippen molar-refractivity contribution in [1.29, 1.82) is 0 Å². The lowest BCUT2D eigenvalue weighted by Gasteiger charge is -2.19. The molecule has 1 rings (SSSR count). The number of hydrogen-bond acceptors (Lipinski definition) is 3. The lowest BCUT2D eigenvalue weighted by molar-refractivity contribution is -0.142. The zero-order valence-corrected chi connectivity index (χ0v) is 10.4. The lowest BCUT2D eigenvalue weighted by atomic mass is 10.3. The van der Waals surface area contributed by atoms with Crippen LogP contribution in [0, 0.1) is 0 Å². The van der Waals surface area contributed by atoms with E-state index in [-0.39, 0.29) is 0 Å². The van der Waals surface area contributed by atoms with Crippen molar-refractivity contribution in [3.8, 4) is 0 Å². The van der Waals surface area contributed by atoms with E-state index in [4.69, 9.17) is 5.11 Å². The molecule has 78 valence electrons. The molecule has 0 amide bonds. The van der Waals surface area contributed by atoms with Gasteiger partial charge in [0.15, 0.2) is 0 Å². The average Bonchev–Trinajstić information content (AvgIpc) is 2.49. The molecule has 14 heavy (non-hydrogen) atoms. The largest absolute Gasteiger partial charge is 0.480 e. The van der Waals surface area contributed by atoms with Crippen LogP contribution in [0.15, 0.2) is 15.9 Å². The van der Waals surface area contributed by atoms with E-state index >= 15 is 0 Å². The predicted molar refractivity (Wildman–Crippen MR) is 60.6 cm³/mol. The highest BCUT2D eigenvalue weighted by molar-refractivity contribution is 9.10. The number of thiophene rings is 1. The lowest BCUT2D eigenvalue weighted by Crippen LogP contribution is -2.34. The summed E-state index contributed by atoms with van der Waals surface area (Å²) in [4.78, 5) is 13.7. The first-order valence-corrected chi connectivity index (χ1v) is 5.84. The molecule has 1 unspecified atom stereocenters. The Balaban J connectivity index is 2.56. The van der Waals surface area contributed by atoms with Gasteiger partial charge in [-0.2, -0.15) is 0 Å². The molecule has 0 radical (unpaired) electrons. The standard InChI is InChI=1S/C9H12BrNO2S/c1-6(9(12)13)11(2)4-8-3-7(10)5-14-8/h3,5-6H,4H2,1-2H3,(H,12,13). The molecule has 0 bridgehead atoms. The van der Waals surface area contributed by atoms with Crippen molar-refractivity contribution >= 4 is 33.2 Å². The summed E-state index contributed by atoms with van der Waals surface area (Å²) in [5, 5.41) is 10.8. The summed E-state index contributed by atoms with van der Waals surface area (Å²) in [5.74, 6) is -0.789. The van der Waals surface area contributed by atoms with Crippen LogP contribution in [0.2, 0.25) is 0 Å². The van der Waals surface area contributed by atoms with Gasteiger partial charge in [-0.25, -0.2) is 0 Å². The number of likely N-dealkylation sites (N-methyl/N-ethyl adjacent to an activating group) is 1. The number of carboxylic acids is 1. The molecule has 3 nitrogen and oxygen atoms in total. The summed E-state index contributed by atoms with van der Waals surface area (Å²) in [5.41, 5.74) is 0. The van der Waals surface area contributed by atoms with Crippen LogP contribution in [0.5, 0.6) is 0 Å². The predicted octanol–water partition coefficient (Wildman–Crippen LogP) is 2.42. The van der Waals surface area contributed by atoms with Crippen LogP contribution in [0.1, 0.15) is 11.8 Å². The van der Waals surface area contributed by atoms with E-state index in [0.29, 0.717) is 6.54 Å². The number of aliphatic carboxylic acids is 1. The Morgan fingerprint density at radius 3 is 2.86 bits per heavy atom. The highest BCUT2D eigenvalue weighted by Crippen LogP contribution is 2.21. The number of nitrogens with zero attached hydrogens (tertiary/aromatic N) is 1. The molecule has 1 aromatic rings. The van der Waals surface area contributed by atoms with Crippen molar-refractivity contribution in [2.75, 3.05) is 7.05 Å². The third-order valence-electron chi connectivity index (χ3n) is 2.05. The number of hydrogen-bond donors (Lipinski definition) is 1. The van der Waals surface area contributed by atoms with Gasteiger partial charge in [0.05, 0.1) is 0 Å². The highest BCUT2D eigenvalue weighted by atomic mass is 79.9. The van der Waals surface area contributed by atoms with E-state index < -0.39 is 12.0 Å². The third kappa shape index (κ3) is 3.08. The van der Waals surface area contributed by atoms with Crippen LogP contribution in [-0.2, 0) is 11.3 Å². The average molecular weight is 278 g/mol. The van der Waals surface area contributed by atoms with Gasteiger partial charge in [0, 0.05) is 21.3 Å². The van der Waals surface area contributed by atoms with Gasteiger partial charge in [0.1, 0.15) is 6.04 Å². The third-order valence-corrected chi connectivity index (χ3v) is 3.73. The minimum absolute atomic E-state index is 0.448. The molecule has 1 aromatic heterocycles. The molecule has 5 heteroatoms. The van der Waals surface area contributed by atoms with Crippen molar-refractivity contribution in [3.05, 3.63) is 20.8 Å². The second kappa shape index (κ2) is 4.91. The smallest absolute Gasteiger partial charge is 0.320 e. The second-order valence-corrected chi connectivity index (χ2v) is 5.07. The van der Waals surface area contributed by atoms with Crippen LogP contribution in [0.4, 0.5) is 0 Å². The first-order chi connectivity index (χ1) is 6.50. The monoisotopic (exact) mass is 277 g/mol. The van der Waals surface area contributed by atoms with Crippen molar-refractivity contribution in [1.82, 2.24) is 4.90 Å². The van der Waals surface area contributed by atoms with E-state index in [0.717, 1.165) is 9.35 Å². The maximum atomic E-state index is 10.7. The zero-order valence-electron chi connectivity index (χ0n) is 8.03. The quantitative estimate of drug-likeness (QED) is 0.919. The number of carbonyl (C=O) groups is 1. The van der Waals surface area contributed by atoms with E-state index in [1.54, 1.807) is 23.2 Å². The molecule has 0 aliphatic carbocycles. The molecule has 1 atom stereocenters. The van der Waals surface area contributed by atoms with Gasteiger partial charge >= 0.3 is 5.97 Å². The Morgan fingerprint density at radius 2 is 2.43 bits per heavy atom. The molecule has 0 aromatic carbocycles. The molecular formula is C9H12BrNO2S. The summed E-state index contributed by atoms with van der Waals surface area (Å²) in [7, 11) is 1.81. The Kier molecular flexibility index (Phi) is 4.10. The van der Waals surface area contributed by atoms with Gasteiger partial charge in [-0.1, -0.05) is 0 Å². The normalized spacial score (nSPS) is 13.1. The first-order valence-electron chi connectivity index (χ1n) is 4.16. The molecule has 1 heterocycles. The van der Waals surface area contributed by atoms with Crippen LogP contribution >= 0.6 is 27.3 Å². The second-order valence-electron chi connectivity index (χ2n) is 3.16. The summed E-state index contributed by atoms with van der Waals surface area (Å²) in [6.45, 7) is 2.36. The fourth-order valence-corrected chi connectivity index (χ4v) is 2.52. The van der Waals surface area contributed by atoms with Crippen LogP contribution < -0.4 is 0 Å². The van der Waals surface area contributed by atoms with Gasteiger partial charge in [-0.05, 0) is 36.0 Å².